The van der Waals surface area contributed by atoms with Crippen LogP contribution in [0.1, 0.15) is 0 Å². The van der Waals surface area contributed by atoms with Crippen molar-refractivity contribution in [3.05, 3.63) is 140 Å². The lowest BCUT2D eigenvalue weighted by Crippen LogP contribution is -1.94. The van der Waals surface area contributed by atoms with Crippen LogP contribution < -0.4 is 0 Å². The molecule has 0 amide bonds. The van der Waals surface area contributed by atoms with Gasteiger partial charge in [-0.3, -0.25) is 0 Å². The van der Waals surface area contributed by atoms with Crippen LogP contribution in [0.3, 0.4) is 0 Å². The number of rotatable bonds is 1. The summed E-state index contributed by atoms with van der Waals surface area (Å²) >= 11 is 1.95. The molecule has 0 unspecified atom stereocenters. The lowest BCUT2D eigenvalue weighted by molar-refractivity contribution is 1.19. The number of para-hydroxylation sites is 1. The molecule has 10 aromatic rings. The van der Waals surface area contributed by atoms with Crippen molar-refractivity contribution < 1.29 is 0 Å². The Morgan fingerprint density at radius 3 is 1.67 bits per heavy atom. The van der Waals surface area contributed by atoms with Crippen LogP contribution in [-0.2, 0) is 0 Å². The normalized spacial score (nSPS) is 12.3. The van der Waals surface area contributed by atoms with E-state index in [9.17, 15) is 0 Å². The molecule has 194 valence electrons. The molecule has 2 aromatic heterocycles. The third kappa shape index (κ3) is 2.82. The fourth-order valence-corrected chi connectivity index (χ4v) is 8.77. The van der Waals surface area contributed by atoms with E-state index in [1.165, 1.54) is 90.8 Å². The average molecular weight is 550 g/mol. The van der Waals surface area contributed by atoms with Crippen molar-refractivity contribution >= 4 is 96.4 Å². The molecule has 0 fully saturated rings. The number of aromatic nitrogens is 1. The van der Waals surface area contributed by atoms with Crippen molar-refractivity contribution in [3.8, 4) is 5.69 Å². The Bertz CT molecular complexity index is 2740. The van der Waals surface area contributed by atoms with Gasteiger partial charge in [-0.15, -0.1) is 11.3 Å². The highest BCUT2D eigenvalue weighted by atomic mass is 32.1. The Morgan fingerprint density at radius 1 is 0.381 bits per heavy atom. The fourth-order valence-electron chi connectivity index (χ4n) is 7.38. The summed E-state index contributed by atoms with van der Waals surface area (Å²) in [4.78, 5) is 0. The maximum atomic E-state index is 2.53. The number of thiophene rings is 1. The van der Waals surface area contributed by atoms with E-state index in [-0.39, 0.29) is 0 Å². The first-order chi connectivity index (χ1) is 20.9. The van der Waals surface area contributed by atoms with Gasteiger partial charge in [0.05, 0.1) is 11.0 Å². The lowest BCUT2D eigenvalue weighted by atomic mass is 9.94. The molecule has 0 N–H and O–H groups in total. The third-order valence-corrected chi connectivity index (χ3v) is 10.4. The van der Waals surface area contributed by atoms with Gasteiger partial charge in [-0.25, -0.2) is 0 Å². The molecule has 0 bridgehead atoms. The van der Waals surface area contributed by atoms with Crippen molar-refractivity contribution in [2.45, 2.75) is 0 Å². The highest BCUT2D eigenvalue weighted by molar-refractivity contribution is 7.28. The van der Waals surface area contributed by atoms with Crippen LogP contribution in [0.5, 0.6) is 0 Å². The molecule has 10 rings (SSSR count). The van der Waals surface area contributed by atoms with Gasteiger partial charge < -0.3 is 4.57 Å². The molecule has 0 aliphatic rings. The zero-order chi connectivity index (χ0) is 27.4. The zero-order valence-electron chi connectivity index (χ0n) is 22.6. The second-order valence-corrected chi connectivity index (χ2v) is 12.3. The zero-order valence-corrected chi connectivity index (χ0v) is 23.5. The number of hydrogen-bond acceptors (Lipinski definition) is 1. The van der Waals surface area contributed by atoms with Crippen molar-refractivity contribution in [1.82, 2.24) is 4.57 Å². The highest BCUT2D eigenvalue weighted by Crippen LogP contribution is 2.51. The molecular formula is C40H23NS. The van der Waals surface area contributed by atoms with Crippen LogP contribution in [-0.4, -0.2) is 4.57 Å². The van der Waals surface area contributed by atoms with Gasteiger partial charge in [0.1, 0.15) is 0 Å². The quantitative estimate of drug-likeness (QED) is 0.179. The summed E-state index contributed by atoms with van der Waals surface area (Å²) in [5, 5.41) is 15.8. The van der Waals surface area contributed by atoms with Crippen LogP contribution in [0.4, 0.5) is 0 Å². The van der Waals surface area contributed by atoms with Crippen molar-refractivity contribution in [1.29, 1.82) is 0 Å². The van der Waals surface area contributed by atoms with Gasteiger partial charge in [-0.1, -0.05) is 121 Å². The lowest BCUT2D eigenvalue weighted by Gasteiger charge is -2.12. The minimum absolute atomic E-state index is 1.20. The number of nitrogens with zero attached hydrogens (tertiary/aromatic N) is 1. The second kappa shape index (κ2) is 8.19. The average Bonchev–Trinajstić information content (AvgIpc) is 3.62. The van der Waals surface area contributed by atoms with Gasteiger partial charge in [-0.05, 0) is 50.5 Å². The van der Waals surface area contributed by atoms with Gasteiger partial charge in [0.2, 0.25) is 0 Å². The summed E-state index contributed by atoms with van der Waals surface area (Å²) in [6.45, 7) is 0. The van der Waals surface area contributed by atoms with Gasteiger partial charge in [0, 0.05) is 47.4 Å². The SMILES string of the molecule is c1ccc2cc(-n3c4ccccc4c4c5ccccc5c5sc6c7ccccc7c7ccccc7c6c5c43)ccc2c1. The molecule has 42 heavy (non-hydrogen) atoms. The van der Waals surface area contributed by atoms with E-state index in [0.717, 1.165) is 0 Å². The van der Waals surface area contributed by atoms with Gasteiger partial charge >= 0.3 is 0 Å². The van der Waals surface area contributed by atoms with E-state index in [1.54, 1.807) is 0 Å². The maximum Gasteiger partial charge on any atom is 0.0640 e. The fraction of sp³-hybridized carbons (Fsp3) is 0. The molecule has 0 saturated heterocycles. The Labute approximate surface area is 245 Å². The van der Waals surface area contributed by atoms with Crippen molar-refractivity contribution in [2.75, 3.05) is 0 Å². The summed E-state index contributed by atoms with van der Waals surface area (Å²) in [6, 6.07) is 51.4. The van der Waals surface area contributed by atoms with Crippen LogP contribution in [0.25, 0.3) is 90.8 Å². The Hall–Kier alpha value is -5.18. The molecule has 0 aliphatic heterocycles. The molecule has 0 radical (unpaired) electrons. The second-order valence-electron chi connectivity index (χ2n) is 11.3. The Kier molecular flexibility index (Phi) is 4.39. The number of fused-ring (bicyclic) bond motifs is 16. The Balaban J connectivity index is 1.56. The number of benzene rings is 8. The minimum atomic E-state index is 1.20. The largest absolute Gasteiger partial charge is 0.309 e. The van der Waals surface area contributed by atoms with E-state index >= 15 is 0 Å². The molecule has 1 nitrogen and oxygen atoms in total. The summed E-state index contributed by atoms with van der Waals surface area (Å²) in [5.74, 6) is 0. The monoisotopic (exact) mass is 549 g/mol. The molecule has 0 aliphatic carbocycles. The summed E-state index contributed by atoms with van der Waals surface area (Å²) in [7, 11) is 0. The molecule has 0 spiro atoms. The van der Waals surface area contributed by atoms with E-state index in [2.05, 4.69) is 144 Å². The van der Waals surface area contributed by atoms with E-state index in [4.69, 9.17) is 0 Å². The first-order valence-electron chi connectivity index (χ1n) is 14.5. The molecular weight excluding hydrogens is 527 g/mol. The van der Waals surface area contributed by atoms with E-state index < -0.39 is 0 Å². The molecule has 0 saturated carbocycles. The van der Waals surface area contributed by atoms with Crippen LogP contribution in [0, 0.1) is 0 Å². The summed E-state index contributed by atoms with van der Waals surface area (Å²) in [6.07, 6.45) is 0. The minimum Gasteiger partial charge on any atom is -0.309 e. The summed E-state index contributed by atoms with van der Waals surface area (Å²) < 4.78 is 5.26. The molecule has 2 heterocycles. The van der Waals surface area contributed by atoms with Crippen LogP contribution in [0.2, 0.25) is 0 Å². The molecule has 2 heteroatoms. The number of hydrogen-bond donors (Lipinski definition) is 0. The van der Waals surface area contributed by atoms with Crippen molar-refractivity contribution in [3.63, 3.8) is 0 Å². The molecule has 0 atom stereocenters. The molecule has 8 aromatic carbocycles. The third-order valence-electron chi connectivity index (χ3n) is 9.11. The maximum absolute atomic E-state index is 2.53. The van der Waals surface area contributed by atoms with E-state index in [0.29, 0.717) is 0 Å². The van der Waals surface area contributed by atoms with Gasteiger partial charge in [0.15, 0.2) is 0 Å². The summed E-state index contributed by atoms with van der Waals surface area (Å²) in [5.41, 5.74) is 3.73. The predicted octanol–water partition coefficient (Wildman–Crippen LogP) is 11.8. The van der Waals surface area contributed by atoms with Crippen LogP contribution >= 0.6 is 11.3 Å². The first kappa shape index (κ1) is 22.5. The van der Waals surface area contributed by atoms with Crippen molar-refractivity contribution in [2.24, 2.45) is 0 Å². The topological polar surface area (TPSA) is 4.93 Å². The Morgan fingerprint density at radius 2 is 0.905 bits per heavy atom. The van der Waals surface area contributed by atoms with Crippen LogP contribution in [0.15, 0.2) is 140 Å². The van der Waals surface area contributed by atoms with E-state index in [1.807, 2.05) is 11.3 Å². The first-order valence-corrected chi connectivity index (χ1v) is 15.3. The predicted molar refractivity (Wildman–Crippen MR) is 184 cm³/mol. The van der Waals surface area contributed by atoms with Gasteiger partial charge in [0.25, 0.3) is 0 Å². The highest BCUT2D eigenvalue weighted by Gasteiger charge is 2.24. The smallest absolute Gasteiger partial charge is 0.0640 e. The van der Waals surface area contributed by atoms with Gasteiger partial charge in [-0.2, -0.15) is 0 Å². The standard InChI is InChI=1S/C40H23NS/c1-2-12-25-23-26(22-21-24(25)11-1)41-34-20-10-9-19-33(34)35-30-16-6-8-18-32(30)40-37(38(35)41)36-29-15-5-3-13-27(29)28-14-4-7-17-31(28)39(36)42-40/h1-23H.